The molecule has 0 radical (unpaired) electrons. The Morgan fingerprint density at radius 2 is 1.86 bits per heavy atom. The smallest absolute Gasteiger partial charge is 0.240 e. The van der Waals surface area contributed by atoms with Crippen LogP contribution in [-0.4, -0.2) is 73.7 Å². The van der Waals surface area contributed by atoms with E-state index in [1.165, 1.54) is 11.3 Å². The fourth-order valence-electron chi connectivity index (χ4n) is 3.19. The van der Waals surface area contributed by atoms with Gasteiger partial charge in [0.25, 0.3) is 0 Å². The minimum Gasteiger partial charge on any atom is -0.353 e. The van der Waals surface area contributed by atoms with Crippen molar-refractivity contribution < 1.29 is 4.79 Å². The highest BCUT2D eigenvalue weighted by molar-refractivity contribution is 7.13. The molecule has 10 nitrogen and oxygen atoms in total. The molecule has 1 aliphatic heterocycles. The maximum Gasteiger partial charge on any atom is 0.240 e. The van der Waals surface area contributed by atoms with E-state index in [2.05, 4.69) is 40.6 Å². The lowest BCUT2D eigenvalue weighted by atomic mass is 10.3. The molecule has 1 fully saturated rings. The summed E-state index contributed by atoms with van der Waals surface area (Å²) in [7, 11) is 0. The SMILES string of the molecule is Cc1cc(C)n(-c2ccc(N3CCN(CC(=O)Nc4nncs4)CC3)nn2)n1. The van der Waals surface area contributed by atoms with Crippen molar-refractivity contribution in [2.75, 3.05) is 42.9 Å². The van der Waals surface area contributed by atoms with Crippen LogP contribution in [0, 0.1) is 13.8 Å². The van der Waals surface area contributed by atoms with Gasteiger partial charge in [-0.1, -0.05) is 11.3 Å². The van der Waals surface area contributed by atoms with Gasteiger partial charge in [0.05, 0.1) is 12.2 Å². The van der Waals surface area contributed by atoms with Gasteiger partial charge >= 0.3 is 0 Å². The van der Waals surface area contributed by atoms with Crippen molar-refractivity contribution in [1.29, 1.82) is 0 Å². The Labute approximate surface area is 166 Å². The third-order valence-electron chi connectivity index (χ3n) is 4.53. The molecule has 1 aliphatic rings. The number of nitrogens with zero attached hydrogens (tertiary/aromatic N) is 8. The van der Waals surface area contributed by atoms with Gasteiger partial charge in [0, 0.05) is 31.9 Å². The average Bonchev–Trinajstić information content (AvgIpc) is 3.31. The van der Waals surface area contributed by atoms with E-state index in [0.29, 0.717) is 17.5 Å². The Morgan fingerprint density at radius 1 is 1.11 bits per heavy atom. The van der Waals surface area contributed by atoms with Gasteiger partial charge in [-0.15, -0.1) is 20.4 Å². The number of anilines is 2. The zero-order chi connectivity index (χ0) is 19.5. The number of nitrogens with one attached hydrogen (secondary N) is 1. The van der Waals surface area contributed by atoms with Gasteiger partial charge < -0.3 is 4.90 Å². The van der Waals surface area contributed by atoms with Gasteiger partial charge in [-0.25, -0.2) is 4.68 Å². The van der Waals surface area contributed by atoms with Gasteiger partial charge in [-0.05, 0) is 32.0 Å². The van der Waals surface area contributed by atoms with Crippen molar-refractivity contribution in [3.8, 4) is 5.82 Å². The van der Waals surface area contributed by atoms with E-state index in [1.807, 2.05) is 32.0 Å². The molecule has 11 heteroatoms. The molecule has 0 bridgehead atoms. The molecule has 3 aromatic heterocycles. The van der Waals surface area contributed by atoms with E-state index in [4.69, 9.17) is 0 Å². The minimum atomic E-state index is -0.0702. The van der Waals surface area contributed by atoms with E-state index in [-0.39, 0.29) is 5.91 Å². The Morgan fingerprint density at radius 3 is 2.46 bits per heavy atom. The number of piperazine rings is 1. The fraction of sp³-hybridized carbons (Fsp3) is 0.412. The molecular weight excluding hydrogens is 378 g/mol. The molecule has 146 valence electrons. The number of carbonyl (C=O) groups is 1. The molecule has 28 heavy (non-hydrogen) atoms. The van der Waals surface area contributed by atoms with E-state index < -0.39 is 0 Å². The monoisotopic (exact) mass is 399 g/mol. The van der Waals surface area contributed by atoms with E-state index in [0.717, 1.165) is 43.4 Å². The number of aryl methyl sites for hydroxylation is 2. The van der Waals surface area contributed by atoms with Crippen molar-refractivity contribution in [2.24, 2.45) is 0 Å². The summed E-state index contributed by atoms with van der Waals surface area (Å²) in [5.41, 5.74) is 3.57. The Hall–Kier alpha value is -2.92. The lowest BCUT2D eigenvalue weighted by Gasteiger charge is -2.34. The van der Waals surface area contributed by atoms with Crippen LogP contribution in [0.25, 0.3) is 5.82 Å². The number of rotatable bonds is 5. The molecule has 0 saturated carbocycles. The van der Waals surface area contributed by atoms with Crippen LogP contribution in [0.4, 0.5) is 10.9 Å². The van der Waals surface area contributed by atoms with Gasteiger partial charge in [0.15, 0.2) is 11.6 Å². The molecule has 0 aromatic carbocycles. The molecule has 0 unspecified atom stereocenters. The molecule has 0 aliphatic carbocycles. The normalized spacial score (nSPS) is 15.0. The Bertz CT molecular complexity index is 930. The number of amides is 1. The first-order chi connectivity index (χ1) is 13.6. The predicted octanol–water partition coefficient (Wildman–Crippen LogP) is 0.891. The molecule has 1 N–H and O–H groups in total. The first-order valence-electron chi connectivity index (χ1n) is 8.99. The quantitative estimate of drug-likeness (QED) is 0.674. The molecule has 4 heterocycles. The summed E-state index contributed by atoms with van der Waals surface area (Å²) in [5, 5.41) is 24.0. The molecule has 0 atom stereocenters. The summed E-state index contributed by atoms with van der Waals surface area (Å²) in [6.07, 6.45) is 0. The molecule has 0 spiro atoms. The predicted molar refractivity (Wildman–Crippen MR) is 106 cm³/mol. The average molecular weight is 399 g/mol. The van der Waals surface area contributed by atoms with Crippen LogP contribution in [-0.2, 0) is 4.79 Å². The second kappa shape index (κ2) is 7.98. The van der Waals surface area contributed by atoms with Crippen molar-refractivity contribution in [1.82, 2.24) is 35.1 Å². The zero-order valence-electron chi connectivity index (χ0n) is 15.7. The van der Waals surface area contributed by atoms with E-state index in [1.54, 1.807) is 10.2 Å². The van der Waals surface area contributed by atoms with E-state index >= 15 is 0 Å². The van der Waals surface area contributed by atoms with E-state index in [9.17, 15) is 4.79 Å². The topological polar surface area (TPSA) is 105 Å². The highest BCUT2D eigenvalue weighted by Gasteiger charge is 2.20. The maximum atomic E-state index is 12.1. The molecule has 4 rings (SSSR count). The first-order valence-corrected chi connectivity index (χ1v) is 9.87. The molecular formula is C17H21N9OS. The number of hydrogen-bond acceptors (Lipinski definition) is 9. The second-order valence-electron chi connectivity index (χ2n) is 6.64. The molecule has 1 saturated heterocycles. The van der Waals surface area contributed by atoms with Gasteiger partial charge in [0.2, 0.25) is 11.0 Å². The first kappa shape index (κ1) is 18.4. The third kappa shape index (κ3) is 4.15. The number of carbonyl (C=O) groups excluding carboxylic acids is 1. The highest BCUT2D eigenvalue weighted by Crippen LogP contribution is 2.15. The Kier molecular flexibility index (Phi) is 5.26. The second-order valence-corrected chi connectivity index (χ2v) is 7.48. The minimum absolute atomic E-state index is 0.0702. The van der Waals surface area contributed by atoms with Crippen LogP contribution >= 0.6 is 11.3 Å². The summed E-state index contributed by atoms with van der Waals surface area (Å²) in [5.74, 6) is 1.48. The summed E-state index contributed by atoms with van der Waals surface area (Å²) in [6.45, 7) is 7.44. The van der Waals surface area contributed by atoms with Crippen LogP contribution in [0.1, 0.15) is 11.4 Å². The van der Waals surface area contributed by atoms with Crippen LogP contribution in [0.5, 0.6) is 0 Å². The van der Waals surface area contributed by atoms with Crippen molar-refractivity contribution in [3.05, 3.63) is 35.1 Å². The molecule has 3 aromatic rings. The lowest BCUT2D eigenvalue weighted by molar-refractivity contribution is -0.117. The Balaban J connectivity index is 1.31. The molecule has 1 amide bonds. The van der Waals surface area contributed by atoms with Gasteiger partial charge in [-0.3, -0.25) is 15.0 Å². The standard InChI is InChI=1S/C17H21N9OS/c1-12-9-13(2)26(23-12)15-4-3-14(20-21-15)25-7-5-24(6-8-25)10-16(27)19-17-22-18-11-28-17/h3-4,9,11H,5-8,10H2,1-2H3,(H,19,22,27). The zero-order valence-corrected chi connectivity index (χ0v) is 16.6. The summed E-state index contributed by atoms with van der Waals surface area (Å²) in [4.78, 5) is 16.4. The van der Waals surface area contributed by atoms with Crippen molar-refractivity contribution in [2.45, 2.75) is 13.8 Å². The summed E-state index contributed by atoms with van der Waals surface area (Å²) < 4.78 is 1.79. The summed E-state index contributed by atoms with van der Waals surface area (Å²) in [6, 6.07) is 5.91. The third-order valence-corrected chi connectivity index (χ3v) is 5.14. The summed E-state index contributed by atoms with van der Waals surface area (Å²) >= 11 is 1.31. The number of aromatic nitrogens is 6. The van der Waals surface area contributed by atoms with Crippen LogP contribution in [0.2, 0.25) is 0 Å². The van der Waals surface area contributed by atoms with Crippen LogP contribution < -0.4 is 10.2 Å². The van der Waals surface area contributed by atoms with Crippen molar-refractivity contribution in [3.63, 3.8) is 0 Å². The van der Waals surface area contributed by atoms with Crippen LogP contribution in [0.15, 0.2) is 23.7 Å². The largest absolute Gasteiger partial charge is 0.353 e. The lowest BCUT2D eigenvalue weighted by Crippen LogP contribution is -2.49. The van der Waals surface area contributed by atoms with Crippen molar-refractivity contribution >= 4 is 28.2 Å². The van der Waals surface area contributed by atoms with Gasteiger partial charge in [-0.2, -0.15) is 5.10 Å². The fourth-order valence-corrected chi connectivity index (χ4v) is 3.65. The number of hydrogen-bond donors (Lipinski definition) is 1. The maximum absolute atomic E-state index is 12.1. The van der Waals surface area contributed by atoms with Crippen LogP contribution in [0.3, 0.4) is 0 Å². The highest BCUT2D eigenvalue weighted by atomic mass is 32.1. The van der Waals surface area contributed by atoms with Gasteiger partial charge in [0.1, 0.15) is 5.51 Å².